The summed E-state index contributed by atoms with van der Waals surface area (Å²) in [5.41, 5.74) is 0.127. The molecule has 108 valence electrons. The molecule has 1 aromatic carbocycles. The van der Waals surface area contributed by atoms with Crippen LogP contribution >= 0.6 is 0 Å². The minimum atomic E-state index is -4.93. The van der Waals surface area contributed by atoms with Crippen molar-refractivity contribution in [1.82, 2.24) is 0 Å². The van der Waals surface area contributed by atoms with Crippen LogP contribution in [0.5, 0.6) is 0 Å². The summed E-state index contributed by atoms with van der Waals surface area (Å²) in [4.78, 5) is 10.4. The largest absolute Gasteiger partial charge is 2.00 e. The maximum Gasteiger partial charge on any atom is 2.00 e. The summed E-state index contributed by atoms with van der Waals surface area (Å²) in [6.07, 6.45) is -0.273. The molecule has 1 aliphatic carbocycles. The number of carbonyl (C=O) groups is 1. The summed E-state index contributed by atoms with van der Waals surface area (Å²) < 4.78 is 35.2. The van der Waals surface area contributed by atoms with Crippen molar-refractivity contribution in [3.8, 4) is 0 Å². The standard InChI is InChI=1S/C9H7F3O2.C5H5.Fe/c10-9(11,12)8(14)5-7(13)6-3-1-2-4-6;1-2-4-5-3-1;/h1-4,13H,5H2;1-5H;/q;-1;+2/p-1. The monoisotopic (exact) mass is 324 g/mol. The molecule has 6 heteroatoms. The van der Waals surface area contributed by atoms with Gasteiger partial charge in [0.2, 0.25) is 5.78 Å². The molecule has 0 atom stereocenters. The fraction of sp³-hybridized carbons (Fsp3) is 0.143. The normalized spacial score (nSPS) is 12.4. The molecule has 0 fully saturated rings. The first-order valence-corrected chi connectivity index (χ1v) is 5.43. The molecule has 0 N–H and O–H groups in total. The predicted octanol–water partition coefficient (Wildman–Crippen LogP) is 2.65. The second-order valence-corrected chi connectivity index (χ2v) is 3.66. The first kappa shape index (κ1) is 18.3. The van der Waals surface area contributed by atoms with Crippen molar-refractivity contribution < 1.29 is 40.1 Å². The van der Waals surface area contributed by atoms with Crippen LogP contribution in [-0.4, -0.2) is 12.0 Å². The molecular formula is C14H11F3FeO2. The number of halogens is 3. The minimum Gasteiger partial charge on any atom is -0.875 e. The van der Waals surface area contributed by atoms with E-state index in [0.717, 1.165) is 0 Å². The summed E-state index contributed by atoms with van der Waals surface area (Å²) in [7, 11) is 0. The van der Waals surface area contributed by atoms with Gasteiger partial charge in [0, 0.05) is 6.42 Å². The van der Waals surface area contributed by atoms with Crippen LogP contribution in [0.2, 0.25) is 0 Å². The Morgan fingerprint density at radius 2 is 1.65 bits per heavy atom. The molecule has 0 unspecified atom stereocenters. The Kier molecular flexibility index (Phi) is 7.80. The van der Waals surface area contributed by atoms with Crippen molar-refractivity contribution in [2.45, 2.75) is 12.6 Å². The van der Waals surface area contributed by atoms with Crippen molar-refractivity contribution in [3.05, 3.63) is 66.0 Å². The third kappa shape index (κ3) is 6.50. The van der Waals surface area contributed by atoms with Crippen LogP contribution in [-0.2, 0) is 21.9 Å². The molecule has 0 spiro atoms. The average molecular weight is 324 g/mol. The Hall–Kier alpha value is -1.65. The van der Waals surface area contributed by atoms with Gasteiger partial charge in [0.1, 0.15) is 0 Å². The number of hydrogen-bond donors (Lipinski definition) is 0. The maximum atomic E-state index is 11.7. The van der Waals surface area contributed by atoms with Crippen LogP contribution in [0.4, 0.5) is 13.2 Å². The number of ketones is 1. The zero-order valence-electron chi connectivity index (χ0n) is 10.2. The third-order valence-electron chi connectivity index (χ3n) is 2.18. The first-order chi connectivity index (χ1) is 8.91. The number of allylic oxidation sites excluding steroid dienone is 6. The van der Waals surface area contributed by atoms with Gasteiger partial charge >= 0.3 is 23.2 Å². The number of alkyl halides is 3. The molecule has 0 bridgehead atoms. The number of carbonyl (C=O) groups excluding carboxylic acids is 1. The average Bonchev–Trinajstić information content (AvgIpc) is 3.04. The van der Waals surface area contributed by atoms with Gasteiger partial charge in [0.15, 0.2) is 0 Å². The number of rotatable bonds is 2. The van der Waals surface area contributed by atoms with Gasteiger partial charge in [-0.1, -0.05) is 24.3 Å². The van der Waals surface area contributed by atoms with E-state index in [-0.39, 0.29) is 22.6 Å². The van der Waals surface area contributed by atoms with Gasteiger partial charge in [-0.15, -0.1) is 5.76 Å². The molecule has 0 radical (unpaired) electrons. The minimum absolute atomic E-state index is 0. The van der Waals surface area contributed by atoms with Gasteiger partial charge in [0.25, 0.3) is 0 Å². The summed E-state index contributed by atoms with van der Waals surface area (Å²) in [6.45, 7) is 0. The van der Waals surface area contributed by atoms with Gasteiger partial charge < -0.3 is 5.11 Å². The Balaban J connectivity index is 0.000000507. The van der Waals surface area contributed by atoms with E-state index in [1.807, 2.05) is 30.3 Å². The molecule has 0 aliphatic heterocycles. The van der Waals surface area contributed by atoms with Crippen LogP contribution in [0, 0.1) is 0 Å². The smallest absolute Gasteiger partial charge is 0.875 e. The third-order valence-corrected chi connectivity index (χ3v) is 2.18. The molecule has 0 saturated heterocycles. The molecule has 0 saturated carbocycles. The van der Waals surface area contributed by atoms with E-state index < -0.39 is 24.1 Å². The Bertz CT molecular complexity index is 466. The molecule has 1 aromatic rings. The van der Waals surface area contributed by atoms with E-state index in [1.54, 1.807) is 0 Å². The Labute approximate surface area is 125 Å². The van der Waals surface area contributed by atoms with E-state index in [0.29, 0.717) is 0 Å². The van der Waals surface area contributed by atoms with Gasteiger partial charge in [0.05, 0.1) is 0 Å². The van der Waals surface area contributed by atoms with E-state index in [2.05, 4.69) is 0 Å². The van der Waals surface area contributed by atoms with Crippen LogP contribution < -0.4 is 5.11 Å². The molecule has 0 amide bonds. The first-order valence-electron chi connectivity index (χ1n) is 5.43. The summed E-state index contributed by atoms with van der Waals surface area (Å²) in [6, 6.07) is 10.0. The second-order valence-electron chi connectivity index (χ2n) is 3.66. The van der Waals surface area contributed by atoms with Gasteiger partial charge in [-0.2, -0.15) is 31.4 Å². The Morgan fingerprint density at radius 1 is 1.15 bits per heavy atom. The summed E-state index contributed by atoms with van der Waals surface area (Å²) in [5.74, 6) is -2.82. The van der Waals surface area contributed by atoms with Crippen molar-refractivity contribution in [1.29, 1.82) is 0 Å². The van der Waals surface area contributed by atoms with Gasteiger partial charge in [-0.05, 0) is 5.57 Å². The van der Waals surface area contributed by atoms with Crippen molar-refractivity contribution >= 4 is 5.78 Å². The van der Waals surface area contributed by atoms with Gasteiger partial charge in [-0.3, -0.25) is 4.79 Å². The molecule has 20 heavy (non-hydrogen) atoms. The molecular weight excluding hydrogens is 313 g/mol. The van der Waals surface area contributed by atoms with Crippen molar-refractivity contribution in [2.75, 3.05) is 0 Å². The molecule has 1 aliphatic rings. The van der Waals surface area contributed by atoms with Crippen LogP contribution in [0.1, 0.15) is 6.42 Å². The summed E-state index contributed by atoms with van der Waals surface area (Å²) >= 11 is 0. The summed E-state index contributed by atoms with van der Waals surface area (Å²) in [5, 5.41) is 11.0. The van der Waals surface area contributed by atoms with E-state index in [1.165, 1.54) is 24.3 Å². The van der Waals surface area contributed by atoms with E-state index in [9.17, 15) is 23.1 Å². The zero-order chi connectivity index (χ0) is 14.3. The fourth-order valence-electron chi connectivity index (χ4n) is 1.23. The second kappa shape index (κ2) is 8.51. The van der Waals surface area contributed by atoms with Crippen molar-refractivity contribution in [2.24, 2.45) is 0 Å². The SMILES string of the molecule is O=C(CC([O-])=C1C=CC=C1)C(F)(F)F.[Fe+2].c1cc[cH-]c1. The molecule has 2 rings (SSSR count). The van der Waals surface area contributed by atoms with E-state index in [4.69, 9.17) is 0 Å². The van der Waals surface area contributed by atoms with Crippen LogP contribution in [0.3, 0.4) is 0 Å². The quantitative estimate of drug-likeness (QED) is 0.477. The zero-order valence-corrected chi connectivity index (χ0v) is 11.3. The van der Waals surface area contributed by atoms with Crippen LogP contribution in [0.15, 0.2) is 66.0 Å². The van der Waals surface area contributed by atoms with Crippen molar-refractivity contribution in [3.63, 3.8) is 0 Å². The topological polar surface area (TPSA) is 40.1 Å². The van der Waals surface area contributed by atoms with Gasteiger partial charge in [-0.25, -0.2) is 12.1 Å². The fourth-order valence-corrected chi connectivity index (χ4v) is 1.23. The molecule has 0 heterocycles. The number of Topliss-reactive ketones (excluding diaryl/α,β-unsaturated/α-hetero) is 1. The molecule has 0 aromatic heterocycles. The maximum absolute atomic E-state index is 11.7. The Morgan fingerprint density at radius 3 is 2.00 bits per heavy atom. The number of hydrogen-bond acceptors (Lipinski definition) is 2. The van der Waals surface area contributed by atoms with E-state index >= 15 is 0 Å². The van der Waals surface area contributed by atoms with Crippen LogP contribution in [0.25, 0.3) is 0 Å². The predicted molar refractivity (Wildman–Crippen MR) is 63.0 cm³/mol. The molecule has 2 nitrogen and oxygen atoms in total.